The van der Waals surface area contributed by atoms with Gasteiger partial charge in [-0.05, 0) is 31.2 Å². The standard InChI is InChI=1S/C23H18F4N4O/c1-12-17-3-14(8-30-21(17)11-29-12)18-7-19(24)13(4-20(18)25)5-22(32)31-16-6-15(9-28-10-16)23(2,26)27/h3-4,6-10H,5,11H2,1-2H3,(H,31,32). The van der Waals surface area contributed by atoms with Crippen LogP contribution >= 0.6 is 0 Å². The van der Waals surface area contributed by atoms with Crippen molar-refractivity contribution in [2.24, 2.45) is 4.99 Å². The number of carbonyl (C=O) groups excluding carboxylic acids is 1. The molecule has 2 aromatic heterocycles. The number of nitrogens with one attached hydrogen (secondary N) is 1. The Morgan fingerprint density at radius 3 is 2.59 bits per heavy atom. The lowest BCUT2D eigenvalue weighted by atomic mass is 10.00. The summed E-state index contributed by atoms with van der Waals surface area (Å²) < 4.78 is 56.3. The van der Waals surface area contributed by atoms with Crippen molar-refractivity contribution in [3.63, 3.8) is 0 Å². The van der Waals surface area contributed by atoms with Gasteiger partial charge in [0.15, 0.2) is 0 Å². The fraction of sp³-hybridized carbons (Fsp3) is 0.217. The van der Waals surface area contributed by atoms with E-state index in [1.54, 1.807) is 6.07 Å². The second-order valence-electron chi connectivity index (χ2n) is 7.62. The number of fused-ring (bicyclic) bond motifs is 1. The topological polar surface area (TPSA) is 67.2 Å². The van der Waals surface area contributed by atoms with Gasteiger partial charge in [0.25, 0.3) is 5.92 Å². The van der Waals surface area contributed by atoms with Crippen LogP contribution in [0.15, 0.2) is 47.8 Å². The van der Waals surface area contributed by atoms with Gasteiger partial charge in [0.05, 0.1) is 30.5 Å². The van der Waals surface area contributed by atoms with Crippen LogP contribution in [0, 0.1) is 11.6 Å². The minimum atomic E-state index is -3.13. The first kappa shape index (κ1) is 21.6. The Morgan fingerprint density at radius 2 is 1.84 bits per heavy atom. The Kier molecular flexibility index (Phi) is 5.50. The van der Waals surface area contributed by atoms with Crippen LogP contribution < -0.4 is 5.32 Å². The molecular weight excluding hydrogens is 424 g/mol. The van der Waals surface area contributed by atoms with Crippen LogP contribution in [-0.2, 0) is 23.7 Å². The Bertz CT molecular complexity index is 1250. The zero-order valence-electron chi connectivity index (χ0n) is 17.2. The van der Waals surface area contributed by atoms with Crippen LogP contribution in [0.25, 0.3) is 11.1 Å². The van der Waals surface area contributed by atoms with Crippen molar-refractivity contribution in [3.05, 3.63) is 76.9 Å². The van der Waals surface area contributed by atoms with Crippen molar-refractivity contribution in [2.45, 2.75) is 32.7 Å². The van der Waals surface area contributed by atoms with Crippen molar-refractivity contribution in [1.29, 1.82) is 0 Å². The highest BCUT2D eigenvalue weighted by molar-refractivity contribution is 6.02. The first-order chi connectivity index (χ1) is 15.1. The highest BCUT2D eigenvalue weighted by Gasteiger charge is 2.25. The van der Waals surface area contributed by atoms with Crippen LogP contribution in [-0.4, -0.2) is 21.6 Å². The number of aliphatic imine (C=N–C) groups is 1. The Hall–Kier alpha value is -3.62. The average Bonchev–Trinajstić information content (AvgIpc) is 3.10. The summed E-state index contributed by atoms with van der Waals surface area (Å²) in [7, 11) is 0. The molecule has 1 aliphatic rings. The normalized spacial score (nSPS) is 13.0. The number of amides is 1. The summed E-state index contributed by atoms with van der Waals surface area (Å²) in [6.45, 7) is 2.99. The number of aromatic nitrogens is 2. The number of hydrogen-bond acceptors (Lipinski definition) is 4. The first-order valence-electron chi connectivity index (χ1n) is 9.73. The lowest BCUT2D eigenvalue weighted by Crippen LogP contribution is -2.17. The summed E-state index contributed by atoms with van der Waals surface area (Å²) in [6, 6.07) is 4.76. The van der Waals surface area contributed by atoms with Gasteiger partial charge < -0.3 is 5.32 Å². The molecule has 5 nitrogen and oxygen atoms in total. The summed E-state index contributed by atoms with van der Waals surface area (Å²) in [5, 5.41) is 2.38. The van der Waals surface area contributed by atoms with Crippen molar-refractivity contribution >= 4 is 17.3 Å². The van der Waals surface area contributed by atoms with Gasteiger partial charge in [0.1, 0.15) is 11.6 Å². The number of alkyl halides is 2. The molecule has 1 aromatic carbocycles. The molecule has 0 bridgehead atoms. The number of hydrogen-bond donors (Lipinski definition) is 1. The second kappa shape index (κ2) is 8.14. The molecule has 0 saturated carbocycles. The lowest BCUT2D eigenvalue weighted by molar-refractivity contribution is -0.115. The maximum absolute atomic E-state index is 14.8. The molecule has 0 saturated heterocycles. The van der Waals surface area contributed by atoms with Gasteiger partial charge in [-0.15, -0.1) is 0 Å². The third-order valence-corrected chi connectivity index (χ3v) is 5.15. The van der Waals surface area contributed by atoms with Gasteiger partial charge in [-0.1, -0.05) is 0 Å². The molecule has 164 valence electrons. The summed E-state index contributed by atoms with van der Waals surface area (Å²) in [6.07, 6.45) is 3.16. The highest BCUT2D eigenvalue weighted by Crippen LogP contribution is 2.30. The maximum atomic E-state index is 14.8. The minimum Gasteiger partial charge on any atom is -0.324 e. The van der Waals surface area contributed by atoms with E-state index >= 15 is 0 Å². The number of halogens is 4. The van der Waals surface area contributed by atoms with Crippen LogP contribution in [0.3, 0.4) is 0 Å². The third kappa shape index (κ3) is 4.37. The predicted octanol–water partition coefficient (Wildman–Crippen LogP) is 5.04. The molecule has 1 amide bonds. The monoisotopic (exact) mass is 442 g/mol. The van der Waals surface area contributed by atoms with E-state index in [0.717, 1.165) is 41.4 Å². The number of pyridine rings is 2. The molecular formula is C23H18F4N4O. The molecule has 0 fully saturated rings. The van der Waals surface area contributed by atoms with Gasteiger partial charge in [-0.3, -0.25) is 19.8 Å². The molecule has 0 spiro atoms. The maximum Gasteiger partial charge on any atom is 0.272 e. The van der Waals surface area contributed by atoms with Crippen molar-refractivity contribution in [3.8, 4) is 11.1 Å². The minimum absolute atomic E-state index is 0.0173. The van der Waals surface area contributed by atoms with E-state index in [-0.39, 0.29) is 22.4 Å². The number of benzene rings is 1. The number of carbonyl (C=O) groups is 1. The van der Waals surface area contributed by atoms with E-state index in [2.05, 4.69) is 20.3 Å². The van der Waals surface area contributed by atoms with Crippen molar-refractivity contribution in [2.75, 3.05) is 5.32 Å². The van der Waals surface area contributed by atoms with Gasteiger partial charge in [-0.25, -0.2) is 17.6 Å². The van der Waals surface area contributed by atoms with E-state index in [1.807, 2.05) is 6.92 Å². The van der Waals surface area contributed by atoms with Gasteiger partial charge in [-0.2, -0.15) is 0 Å². The molecule has 0 atom stereocenters. The fourth-order valence-corrected chi connectivity index (χ4v) is 3.43. The van der Waals surface area contributed by atoms with Gasteiger partial charge in [0.2, 0.25) is 5.91 Å². The van der Waals surface area contributed by atoms with E-state index in [4.69, 9.17) is 0 Å². The van der Waals surface area contributed by atoms with Crippen LogP contribution in [0.4, 0.5) is 23.2 Å². The zero-order valence-corrected chi connectivity index (χ0v) is 17.2. The molecule has 1 N–H and O–H groups in total. The molecule has 32 heavy (non-hydrogen) atoms. The zero-order chi connectivity index (χ0) is 23.0. The largest absolute Gasteiger partial charge is 0.324 e. The van der Waals surface area contributed by atoms with Gasteiger partial charge in [0, 0.05) is 52.8 Å². The third-order valence-electron chi connectivity index (χ3n) is 5.15. The summed E-state index contributed by atoms with van der Waals surface area (Å²) in [5.74, 6) is -5.30. The predicted molar refractivity (Wildman–Crippen MR) is 112 cm³/mol. The lowest BCUT2D eigenvalue weighted by Gasteiger charge is -2.12. The average molecular weight is 442 g/mol. The quantitative estimate of drug-likeness (QED) is 0.563. The van der Waals surface area contributed by atoms with Crippen molar-refractivity contribution in [1.82, 2.24) is 9.97 Å². The van der Waals surface area contributed by atoms with E-state index < -0.39 is 29.9 Å². The summed E-state index contributed by atoms with van der Waals surface area (Å²) >= 11 is 0. The number of rotatable bonds is 5. The smallest absolute Gasteiger partial charge is 0.272 e. The Balaban J connectivity index is 1.54. The van der Waals surface area contributed by atoms with E-state index in [9.17, 15) is 22.4 Å². The number of anilines is 1. The Morgan fingerprint density at radius 1 is 1.06 bits per heavy atom. The Labute approximate surface area is 181 Å². The molecule has 0 unspecified atom stereocenters. The van der Waals surface area contributed by atoms with E-state index in [1.165, 1.54) is 12.4 Å². The summed E-state index contributed by atoms with van der Waals surface area (Å²) in [4.78, 5) is 24.5. The molecule has 9 heteroatoms. The van der Waals surface area contributed by atoms with E-state index in [0.29, 0.717) is 19.0 Å². The summed E-state index contributed by atoms with van der Waals surface area (Å²) in [5.41, 5.74) is 2.26. The molecule has 4 rings (SSSR count). The SMILES string of the molecule is CC1=NCc2ncc(-c3cc(F)c(CC(=O)Nc4cncc(C(C)(F)F)c4)cc3F)cc21. The van der Waals surface area contributed by atoms with Crippen molar-refractivity contribution < 1.29 is 22.4 Å². The van der Waals surface area contributed by atoms with Crippen LogP contribution in [0.1, 0.15) is 36.2 Å². The number of nitrogens with zero attached hydrogens (tertiary/aromatic N) is 3. The molecule has 0 aliphatic carbocycles. The second-order valence-corrected chi connectivity index (χ2v) is 7.62. The first-order valence-corrected chi connectivity index (χ1v) is 9.73. The molecule has 0 radical (unpaired) electrons. The van der Waals surface area contributed by atoms with Gasteiger partial charge >= 0.3 is 0 Å². The highest BCUT2D eigenvalue weighted by atomic mass is 19.3. The van der Waals surface area contributed by atoms with Crippen LogP contribution in [0.5, 0.6) is 0 Å². The molecule has 3 aromatic rings. The molecule has 3 heterocycles. The fourth-order valence-electron chi connectivity index (χ4n) is 3.43. The van der Waals surface area contributed by atoms with Crippen LogP contribution in [0.2, 0.25) is 0 Å². The molecule has 1 aliphatic heterocycles.